The summed E-state index contributed by atoms with van der Waals surface area (Å²) in [7, 11) is 0. The Hall–Kier alpha value is -2.17. The number of hydrogen-bond donors (Lipinski definition) is 1. The average Bonchev–Trinajstić information content (AvgIpc) is 2.84. The third-order valence-corrected chi connectivity index (χ3v) is 3.43. The highest BCUT2D eigenvalue weighted by Gasteiger charge is 2.38. The predicted molar refractivity (Wildman–Crippen MR) is 67.0 cm³/mol. The number of pyridine rings is 1. The van der Waals surface area contributed by atoms with E-state index in [9.17, 15) is 9.59 Å². The van der Waals surface area contributed by atoms with Crippen molar-refractivity contribution < 1.29 is 9.59 Å². The Labute approximate surface area is 105 Å². The van der Waals surface area contributed by atoms with Gasteiger partial charge in [0.2, 0.25) is 5.91 Å². The van der Waals surface area contributed by atoms with Gasteiger partial charge in [-0.15, -0.1) is 0 Å². The molecule has 0 saturated carbocycles. The van der Waals surface area contributed by atoms with E-state index in [0.29, 0.717) is 17.9 Å². The summed E-state index contributed by atoms with van der Waals surface area (Å²) in [6, 6.07) is 1.37. The molecule has 1 fully saturated rings. The van der Waals surface area contributed by atoms with Crippen molar-refractivity contribution in [1.29, 1.82) is 0 Å². The summed E-state index contributed by atoms with van der Waals surface area (Å²) in [6.45, 7) is 4.29. The van der Waals surface area contributed by atoms with Crippen LogP contribution in [0.1, 0.15) is 28.8 Å². The molecule has 3 heterocycles. The lowest BCUT2D eigenvalue weighted by atomic mass is 10.1. The highest BCUT2D eigenvalue weighted by atomic mass is 16.2. The summed E-state index contributed by atoms with van der Waals surface area (Å²) in [5.41, 5.74) is 1.22. The zero-order valence-electron chi connectivity index (χ0n) is 9.85. The highest BCUT2D eigenvalue weighted by Crippen LogP contribution is 2.27. The molecule has 1 N–H and O–H groups in total. The van der Waals surface area contributed by atoms with Crippen LogP contribution in [-0.4, -0.2) is 34.3 Å². The fourth-order valence-electron chi connectivity index (χ4n) is 2.49. The second kappa shape index (κ2) is 3.94. The summed E-state index contributed by atoms with van der Waals surface area (Å²) in [5, 5.41) is 2.73. The van der Waals surface area contributed by atoms with Crippen LogP contribution in [0.4, 0.5) is 5.82 Å². The Kier molecular flexibility index (Phi) is 2.40. The van der Waals surface area contributed by atoms with E-state index in [4.69, 9.17) is 0 Å². The molecule has 2 aliphatic heterocycles. The van der Waals surface area contributed by atoms with E-state index in [1.54, 1.807) is 23.2 Å². The van der Waals surface area contributed by atoms with Crippen molar-refractivity contribution in [3.05, 3.63) is 30.0 Å². The smallest absolute Gasteiger partial charge is 0.258 e. The van der Waals surface area contributed by atoms with Crippen LogP contribution in [-0.2, 0) is 4.79 Å². The van der Waals surface area contributed by atoms with Gasteiger partial charge in [-0.3, -0.25) is 9.59 Å². The van der Waals surface area contributed by atoms with E-state index >= 15 is 0 Å². The van der Waals surface area contributed by atoms with Gasteiger partial charge in [0.1, 0.15) is 11.9 Å². The van der Waals surface area contributed by atoms with Gasteiger partial charge in [0.05, 0.1) is 5.56 Å². The van der Waals surface area contributed by atoms with Crippen LogP contribution >= 0.6 is 0 Å². The molecule has 0 aliphatic carbocycles. The monoisotopic (exact) mass is 243 g/mol. The number of anilines is 1. The molecular weight excluding hydrogens is 230 g/mol. The summed E-state index contributed by atoms with van der Waals surface area (Å²) in [4.78, 5) is 30.1. The van der Waals surface area contributed by atoms with E-state index in [2.05, 4.69) is 16.9 Å². The molecule has 0 radical (unpaired) electrons. The van der Waals surface area contributed by atoms with Crippen molar-refractivity contribution in [1.82, 2.24) is 9.88 Å². The lowest BCUT2D eigenvalue weighted by molar-refractivity contribution is -0.119. The normalized spacial score (nSPS) is 22.0. The van der Waals surface area contributed by atoms with E-state index < -0.39 is 0 Å². The number of fused-ring (bicyclic) bond motifs is 2. The predicted octanol–water partition coefficient (Wildman–Crippen LogP) is 1.28. The average molecular weight is 243 g/mol. The highest BCUT2D eigenvalue weighted by molar-refractivity contribution is 6.09. The fraction of sp³-hybridized carbons (Fsp3) is 0.308. The summed E-state index contributed by atoms with van der Waals surface area (Å²) in [6.07, 6.45) is 4.82. The van der Waals surface area contributed by atoms with Crippen molar-refractivity contribution in [2.45, 2.75) is 18.9 Å². The van der Waals surface area contributed by atoms with Crippen molar-refractivity contribution >= 4 is 23.7 Å². The molecule has 0 aromatic carbocycles. The largest absolute Gasteiger partial charge is 0.326 e. The van der Waals surface area contributed by atoms with Crippen molar-refractivity contribution in [3.8, 4) is 0 Å². The number of hydrogen-bond acceptors (Lipinski definition) is 3. The number of carbonyl (C=O) groups excluding carboxylic acids is 2. The van der Waals surface area contributed by atoms with Crippen LogP contribution in [0.3, 0.4) is 0 Å². The van der Waals surface area contributed by atoms with Gasteiger partial charge in [-0.1, -0.05) is 12.7 Å². The molecule has 2 amide bonds. The van der Waals surface area contributed by atoms with E-state index in [0.717, 1.165) is 18.4 Å². The molecular formula is C13H13N3O2. The van der Waals surface area contributed by atoms with Crippen molar-refractivity contribution in [2.75, 3.05) is 11.9 Å². The number of amides is 2. The SMILES string of the molecule is C=Cc1cnc2c(c1)C(=O)N1CCC[C@H]1C(=O)N2. The molecule has 1 atom stereocenters. The molecule has 92 valence electrons. The molecule has 2 aliphatic rings. The van der Waals surface area contributed by atoms with Gasteiger partial charge in [-0.05, 0) is 24.5 Å². The zero-order valence-corrected chi connectivity index (χ0v) is 9.85. The minimum atomic E-state index is -0.348. The minimum Gasteiger partial charge on any atom is -0.326 e. The number of aromatic nitrogens is 1. The van der Waals surface area contributed by atoms with E-state index in [-0.39, 0.29) is 17.9 Å². The molecule has 0 unspecified atom stereocenters. The van der Waals surface area contributed by atoms with Crippen LogP contribution in [0.25, 0.3) is 6.08 Å². The molecule has 0 bridgehead atoms. The standard InChI is InChI=1S/C13H13N3O2/c1-2-8-6-9-11(14-7-8)15-12(17)10-4-3-5-16(10)13(9)18/h2,6-7,10H,1,3-5H2,(H,14,15,17)/t10-/m0/s1. The quantitative estimate of drug-likeness (QED) is 0.808. The second-order valence-corrected chi connectivity index (χ2v) is 4.51. The van der Waals surface area contributed by atoms with Gasteiger partial charge in [-0.2, -0.15) is 0 Å². The maximum absolute atomic E-state index is 12.4. The van der Waals surface area contributed by atoms with Crippen molar-refractivity contribution in [2.24, 2.45) is 0 Å². The molecule has 1 saturated heterocycles. The fourth-order valence-corrected chi connectivity index (χ4v) is 2.49. The summed E-state index contributed by atoms with van der Waals surface area (Å²) < 4.78 is 0. The molecule has 0 spiro atoms. The molecule has 5 nitrogen and oxygen atoms in total. The van der Waals surface area contributed by atoms with Gasteiger partial charge in [0, 0.05) is 12.7 Å². The maximum atomic E-state index is 12.4. The lowest BCUT2D eigenvalue weighted by Crippen LogP contribution is -2.40. The van der Waals surface area contributed by atoms with Gasteiger partial charge in [0.25, 0.3) is 5.91 Å². The Morgan fingerprint density at radius 2 is 2.33 bits per heavy atom. The van der Waals surface area contributed by atoms with Crippen LogP contribution < -0.4 is 5.32 Å². The van der Waals surface area contributed by atoms with E-state index in [1.165, 1.54) is 0 Å². The number of carbonyl (C=O) groups is 2. The van der Waals surface area contributed by atoms with E-state index in [1.807, 2.05) is 0 Å². The zero-order chi connectivity index (χ0) is 12.7. The Balaban J connectivity index is 2.12. The van der Waals surface area contributed by atoms with Gasteiger partial charge >= 0.3 is 0 Å². The molecule has 3 rings (SSSR count). The van der Waals surface area contributed by atoms with Crippen molar-refractivity contribution in [3.63, 3.8) is 0 Å². The Morgan fingerprint density at radius 1 is 1.50 bits per heavy atom. The van der Waals surface area contributed by atoms with Crippen LogP contribution in [0, 0.1) is 0 Å². The van der Waals surface area contributed by atoms with Gasteiger partial charge in [0.15, 0.2) is 0 Å². The van der Waals surface area contributed by atoms with Gasteiger partial charge in [-0.25, -0.2) is 4.98 Å². The third kappa shape index (κ3) is 1.51. The first-order chi connectivity index (χ1) is 8.70. The second-order valence-electron chi connectivity index (χ2n) is 4.51. The first kappa shape index (κ1) is 11.0. The molecule has 1 aromatic heterocycles. The molecule has 5 heteroatoms. The number of nitrogens with one attached hydrogen (secondary N) is 1. The van der Waals surface area contributed by atoms with Gasteiger partial charge < -0.3 is 10.2 Å². The summed E-state index contributed by atoms with van der Waals surface area (Å²) in [5.74, 6) is 0.0884. The summed E-state index contributed by atoms with van der Waals surface area (Å²) >= 11 is 0. The number of nitrogens with zero attached hydrogens (tertiary/aromatic N) is 2. The first-order valence-corrected chi connectivity index (χ1v) is 5.95. The first-order valence-electron chi connectivity index (χ1n) is 5.95. The Morgan fingerprint density at radius 3 is 3.11 bits per heavy atom. The maximum Gasteiger partial charge on any atom is 0.258 e. The topological polar surface area (TPSA) is 62.3 Å². The minimum absolute atomic E-state index is 0.123. The third-order valence-electron chi connectivity index (χ3n) is 3.43. The lowest BCUT2D eigenvalue weighted by Gasteiger charge is -2.19. The Bertz CT molecular complexity index is 553. The van der Waals surface area contributed by atoms with Crippen LogP contribution in [0.5, 0.6) is 0 Å². The number of rotatable bonds is 1. The van der Waals surface area contributed by atoms with Crippen LogP contribution in [0.2, 0.25) is 0 Å². The molecule has 18 heavy (non-hydrogen) atoms. The molecule has 1 aromatic rings. The van der Waals surface area contributed by atoms with Crippen LogP contribution in [0.15, 0.2) is 18.8 Å².